The summed E-state index contributed by atoms with van der Waals surface area (Å²) in [6.07, 6.45) is 3.73. The summed E-state index contributed by atoms with van der Waals surface area (Å²) in [5.74, 6) is 1.31. The van der Waals surface area contributed by atoms with E-state index in [1.165, 1.54) is 6.42 Å². The lowest BCUT2D eigenvalue weighted by molar-refractivity contribution is 0.100. The Balaban J connectivity index is 1.87. The van der Waals surface area contributed by atoms with Crippen molar-refractivity contribution in [3.63, 3.8) is 0 Å². The van der Waals surface area contributed by atoms with Crippen LogP contribution >= 0.6 is 23.2 Å². The molecule has 1 unspecified atom stereocenters. The Bertz CT molecular complexity index is 576. The Morgan fingerprint density at radius 3 is 3.05 bits per heavy atom. The van der Waals surface area contributed by atoms with Gasteiger partial charge in [-0.05, 0) is 37.5 Å². The Labute approximate surface area is 122 Å². The van der Waals surface area contributed by atoms with E-state index in [-0.39, 0.29) is 0 Å². The predicted octanol–water partition coefficient (Wildman–Crippen LogP) is 4.00. The Hall–Kier alpha value is -0.770. The van der Waals surface area contributed by atoms with E-state index < -0.39 is 0 Å². The first-order valence-electron chi connectivity index (χ1n) is 6.60. The van der Waals surface area contributed by atoms with E-state index in [0.717, 1.165) is 42.9 Å². The minimum Gasteiger partial charge on any atom is -0.378 e. The maximum Gasteiger partial charge on any atom is 0.124 e. The average Bonchev–Trinajstić information content (AvgIpc) is 3.02. The van der Waals surface area contributed by atoms with Crippen LogP contribution in [0.3, 0.4) is 0 Å². The quantitative estimate of drug-likeness (QED) is 0.798. The fourth-order valence-electron chi connectivity index (χ4n) is 2.65. The maximum atomic E-state index is 6.00. The van der Waals surface area contributed by atoms with Gasteiger partial charge in [-0.3, -0.25) is 0 Å². The van der Waals surface area contributed by atoms with Crippen LogP contribution in [0, 0.1) is 0 Å². The molecule has 1 aliphatic heterocycles. The van der Waals surface area contributed by atoms with Crippen LogP contribution < -0.4 is 0 Å². The van der Waals surface area contributed by atoms with Gasteiger partial charge in [-0.1, -0.05) is 11.6 Å². The topological polar surface area (TPSA) is 27.1 Å². The molecule has 1 aromatic heterocycles. The molecule has 19 heavy (non-hydrogen) atoms. The second-order valence-corrected chi connectivity index (χ2v) is 5.57. The summed E-state index contributed by atoms with van der Waals surface area (Å²) in [6, 6.07) is 5.79. The zero-order valence-corrected chi connectivity index (χ0v) is 12.1. The summed E-state index contributed by atoms with van der Waals surface area (Å²) in [5, 5.41) is 0.706. The highest BCUT2D eigenvalue weighted by Crippen LogP contribution is 2.23. The van der Waals surface area contributed by atoms with Gasteiger partial charge in [-0.25, -0.2) is 4.98 Å². The summed E-state index contributed by atoms with van der Waals surface area (Å²) in [6.45, 7) is 1.79. The SMILES string of the molecule is ClCc1nc2cc(Cl)ccc2n1CCC1CCCO1. The molecule has 1 fully saturated rings. The molecule has 1 saturated heterocycles. The van der Waals surface area contributed by atoms with Gasteiger partial charge >= 0.3 is 0 Å². The van der Waals surface area contributed by atoms with Crippen LogP contribution in [0.2, 0.25) is 5.02 Å². The molecule has 0 aliphatic carbocycles. The minimum atomic E-state index is 0.382. The van der Waals surface area contributed by atoms with Crippen LogP contribution in [-0.2, 0) is 17.2 Å². The first kappa shape index (κ1) is 13.2. The van der Waals surface area contributed by atoms with Gasteiger partial charge in [0.25, 0.3) is 0 Å². The molecule has 2 heterocycles. The maximum absolute atomic E-state index is 6.00. The van der Waals surface area contributed by atoms with Crippen LogP contribution in [0.4, 0.5) is 0 Å². The predicted molar refractivity (Wildman–Crippen MR) is 77.9 cm³/mol. The minimum absolute atomic E-state index is 0.382. The van der Waals surface area contributed by atoms with Gasteiger partial charge in [0, 0.05) is 18.2 Å². The highest BCUT2D eigenvalue weighted by molar-refractivity contribution is 6.31. The van der Waals surface area contributed by atoms with E-state index in [1.54, 1.807) is 0 Å². The highest BCUT2D eigenvalue weighted by Gasteiger charge is 2.17. The van der Waals surface area contributed by atoms with Crippen LogP contribution in [0.15, 0.2) is 18.2 Å². The van der Waals surface area contributed by atoms with Crippen molar-refractivity contribution in [2.24, 2.45) is 0 Å². The summed E-state index contributed by atoms with van der Waals surface area (Å²) >= 11 is 12.0. The number of alkyl halides is 1. The second-order valence-electron chi connectivity index (χ2n) is 4.87. The molecule has 5 heteroatoms. The van der Waals surface area contributed by atoms with Gasteiger partial charge in [0.15, 0.2) is 0 Å². The molecule has 102 valence electrons. The Kier molecular flexibility index (Phi) is 3.96. The van der Waals surface area contributed by atoms with Crippen molar-refractivity contribution in [1.29, 1.82) is 0 Å². The van der Waals surface area contributed by atoms with Gasteiger partial charge in [0.2, 0.25) is 0 Å². The number of hydrogen-bond donors (Lipinski definition) is 0. The van der Waals surface area contributed by atoms with E-state index in [4.69, 9.17) is 27.9 Å². The average molecular weight is 299 g/mol. The first-order chi connectivity index (χ1) is 9.28. The van der Waals surface area contributed by atoms with E-state index in [1.807, 2.05) is 18.2 Å². The molecule has 2 aromatic rings. The summed E-state index contributed by atoms with van der Waals surface area (Å²) in [7, 11) is 0. The standard InChI is InChI=1S/C14H16Cl2N2O/c15-9-14-17-12-8-10(16)3-4-13(12)18(14)6-5-11-2-1-7-19-11/h3-4,8,11H,1-2,5-7,9H2. The number of fused-ring (bicyclic) bond motifs is 1. The van der Waals surface area contributed by atoms with Crippen molar-refractivity contribution >= 4 is 34.2 Å². The second kappa shape index (κ2) is 5.70. The summed E-state index contributed by atoms with van der Waals surface area (Å²) in [5.41, 5.74) is 2.01. The largest absolute Gasteiger partial charge is 0.378 e. The van der Waals surface area contributed by atoms with Crippen molar-refractivity contribution < 1.29 is 4.74 Å². The number of aryl methyl sites for hydroxylation is 1. The lowest BCUT2D eigenvalue weighted by atomic mass is 10.2. The lowest BCUT2D eigenvalue weighted by Gasteiger charge is -2.12. The molecule has 3 rings (SSSR count). The molecule has 0 radical (unpaired) electrons. The Morgan fingerprint density at radius 1 is 1.42 bits per heavy atom. The molecule has 0 spiro atoms. The Morgan fingerprint density at radius 2 is 2.32 bits per heavy atom. The monoisotopic (exact) mass is 298 g/mol. The van der Waals surface area contributed by atoms with Crippen LogP contribution in [0.5, 0.6) is 0 Å². The summed E-state index contributed by atoms with van der Waals surface area (Å²) in [4.78, 5) is 4.54. The zero-order valence-electron chi connectivity index (χ0n) is 10.6. The third-order valence-corrected chi connectivity index (χ3v) is 4.08. The normalized spacial score (nSPS) is 19.4. The van der Waals surface area contributed by atoms with Crippen molar-refractivity contribution in [2.75, 3.05) is 6.61 Å². The molecule has 0 saturated carbocycles. The molecule has 1 aliphatic rings. The third-order valence-electron chi connectivity index (χ3n) is 3.61. The van der Waals surface area contributed by atoms with Gasteiger partial charge in [-0.2, -0.15) is 0 Å². The molecule has 1 atom stereocenters. The number of aromatic nitrogens is 2. The smallest absolute Gasteiger partial charge is 0.124 e. The molecular formula is C14H16Cl2N2O. The van der Waals surface area contributed by atoms with E-state index in [0.29, 0.717) is 17.0 Å². The van der Waals surface area contributed by atoms with Crippen molar-refractivity contribution in [3.8, 4) is 0 Å². The van der Waals surface area contributed by atoms with Crippen LogP contribution in [-0.4, -0.2) is 22.3 Å². The van der Waals surface area contributed by atoms with Crippen molar-refractivity contribution in [3.05, 3.63) is 29.0 Å². The summed E-state index contributed by atoms with van der Waals surface area (Å²) < 4.78 is 7.85. The molecule has 3 nitrogen and oxygen atoms in total. The van der Waals surface area contributed by atoms with Gasteiger partial charge in [0.05, 0.1) is 23.0 Å². The lowest BCUT2D eigenvalue weighted by Crippen LogP contribution is -2.11. The molecule has 0 amide bonds. The number of hydrogen-bond acceptors (Lipinski definition) is 2. The number of rotatable bonds is 4. The van der Waals surface area contributed by atoms with Crippen LogP contribution in [0.25, 0.3) is 11.0 Å². The van der Waals surface area contributed by atoms with E-state index in [2.05, 4.69) is 9.55 Å². The zero-order chi connectivity index (χ0) is 13.2. The molecule has 1 aromatic carbocycles. The van der Waals surface area contributed by atoms with Gasteiger partial charge in [-0.15, -0.1) is 11.6 Å². The number of nitrogens with zero attached hydrogens (tertiary/aromatic N) is 2. The highest BCUT2D eigenvalue weighted by atomic mass is 35.5. The number of benzene rings is 1. The van der Waals surface area contributed by atoms with Gasteiger partial charge < -0.3 is 9.30 Å². The van der Waals surface area contributed by atoms with E-state index in [9.17, 15) is 0 Å². The molecule has 0 N–H and O–H groups in total. The third kappa shape index (κ3) is 2.73. The fourth-order valence-corrected chi connectivity index (χ4v) is 3.02. The fraction of sp³-hybridized carbons (Fsp3) is 0.500. The number of ether oxygens (including phenoxy) is 1. The molecular weight excluding hydrogens is 283 g/mol. The number of imidazole rings is 1. The van der Waals surface area contributed by atoms with Gasteiger partial charge in [0.1, 0.15) is 5.82 Å². The van der Waals surface area contributed by atoms with Crippen LogP contribution in [0.1, 0.15) is 25.1 Å². The number of halogens is 2. The first-order valence-corrected chi connectivity index (χ1v) is 7.51. The van der Waals surface area contributed by atoms with E-state index >= 15 is 0 Å². The van der Waals surface area contributed by atoms with Crippen molar-refractivity contribution in [2.45, 2.75) is 37.8 Å². The molecule has 0 bridgehead atoms. The van der Waals surface area contributed by atoms with Crippen molar-refractivity contribution in [1.82, 2.24) is 9.55 Å².